The number of aryl methyl sites for hydroxylation is 2. The van der Waals surface area contributed by atoms with Gasteiger partial charge in [-0.2, -0.15) is 0 Å². The molecule has 4 rings (SSSR count). The normalized spacial score (nSPS) is 24.0. The minimum Gasteiger partial charge on any atom is -0.486 e. The van der Waals surface area contributed by atoms with E-state index in [0.29, 0.717) is 0 Å². The maximum Gasteiger partial charge on any atom is 0.136 e. The minimum absolute atomic E-state index is 0.179. The number of benzene rings is 2. The molecule has 0 amide bonds. The molecule has 2 aliphatic heterocycles. The lowest BCUT2D eigenvalue weighted by Crippen LogP contribution is -2.40. The standard InChI is InChI=1S/C18H18O2/c1-3-7-15-13(5-1)9-11-17(19-15)18-12-10-14-6-2-4-8-16(14)20-18/h1-8,17-18H,9-12H2. The van der Waals surface area contributed by atoms with Crippen molar-refractivity contribution in [2.75, 3.05) is 0 Å². The van der Waals surface area contributed by atoms with Gasteiger partial charge in [-0.1, -0.05) is 36.4 Å². The molecule has 0 saturated heterocycles. The summed E-state index contributed by atoms with van der Waals surface area (Å²) in [6, 6.07) is 16.7. The Labute approximate surface area is 119 Å². The second-order valence-electron chi connectivity index (χ2n) is 5.61. The van der Waals surface area contributed by atoms with Gasteiger partial charge in [0.1, 0.15) is 23.7 Å². The first-order valence-corrected chi connectivity index (χ1v) is 7.39. The van der Waals surface area contributed by atoms with Crippen LogP contribution in [0.4, 0.5) is 0 Å². The van der Waals surface area contributed by atoms with Crippen molar-refractivity contribution in [2.45, 2.75) is 37.9 Å². The van der Waals surface area contributed by atoms with Gasteiger partial charge in [-0.15, -0.1) is 0 Å². The summed E-state index contributed by atoms with van der Waals surface area (Å²) >= 11 is 0. The van der Waals surface area contributed by atoms with Crippen LogP contribution in [0.15, 0.2) is 48.5 Å². The summed E-state index contributed by atoms with van der Waals surface area (Å²) < 4.78 is 12.3. The van der Waals surface area contributed by atoms with E-state index in [4.69, 9.17) is 9.47 Å². The fraction of sp³-hybridized carbons (Fsp3) is 0.333. The fourth-order valence-electron chi connectivity index (χ4n) is 3.21. The summed E-state index contributed by atoms with van der Waals surface area (Å²) in [6.45, 7) is 0. The van der Waals surface area contributed by atoms with Crippen molar-refractivity contribution >= 4 is 0 Å². The molecule has 2 aliphatic rings. The third-order valence-electron chi connectivity index (χ3n) is 4.31. The molecule has 2 heterocycles. The molecule has 0 spiro atoms. The van der Waals surface area contributed by atoms with Crippen molar-refractivity contribution in [3.63, 3.8) is 0 Å². The topological polar surface area (TPSA) is 18.5 Å². The van der Waals surface area contributed by atoms with Crippen LogP contribution in [0.3, 0.4) is 0 Å². The van der Waals surface area contributed by atoms with E-state index in [1.807, 2.05) is 12.1 Å². The van der Waals surface area contributed by atoms with E-state index in [0.717, 1.165) is 37.2 Å². The first-order valence-electron chi connectivity index (χ1n) is 7.39. The number of hydrogen-bond acceptors (Lipinski definition) is 2. The zero-order valence-corrected chi connectivity index (χ0v) is 11.4. The third kappa shape index (κ3) is 2.05. The predicted octanol–water partition coefficient (Wildman–Crippen LogP) is 3.77. The second-order valence-corrected chi connectivity index (χ2v) is 5.61. The average Bonchev–Trinajstić information content (AvgIpc) is 2.54. The lowest BCUT2D eigenvalue weighted by Gasteiger charge is -2.35. The van der Waals surface area contributed by atoms with E-state index in [1.54, 1.807) is 0 Å². The van der Waals surface area contributed by atoms with Gasteiger partial charge in [-0.05, 0) is 48.9 Å². The van der Waals surface area contributed by atoms with Crippen LogP contribution in [-0.4, -0.2) is 12.2 Å². The molecule has 0 saturated carbocycles. The smallest absolute Gasteiger partial charge is 0.136 e. The van der Waals surface area contributed by atoms with Crippen molar-refractivity contribution < 1.29 is 9.47 Å². The zero-order chi connectivity index (χ0) is 13.4. The Morgan fingerprint density at radius 3 is 1.60 bits per heavy atom. The minimum atomic E-state index is 0.179. The van der Waals surface area contributed by atoms with Gasteiger partial charge in [0.2, 0.25) is 0 Å². The Balaban J connectivity index is 1.53. The largest absolute Gasteiger partial charge is 0.486 e. The van der Waals surface area contributed by atoms with Crippen LogP contribution in [0.1, 0.15) is 24.0 Å². The van der Waals surface area contributed by atoms with Crippen LogP contribution in [0.2, 0.25) is 0 Å². The highest BCUT2D eigenvalue weighted by molar-refractivity contribution is 5.37. The Kier molecular flexibility index (Phi) is 2.87. The van der Waals surface area contributed by atoms with Crippen molar-refractivity contribution in [2.24, 2.45) is 0 Å². The molecule has 0 bridgehead atoms. The van der Waals surface area contributed by atoms with Gasteiger partial charge < -0.3 is 9.47 Å². The number of para-hydroxylation sites is 2. The van der Waals surface area contributed by atoms with E-state index in [-0.39, 0.29) is 12.2 Å². The fourth-order valence-corrected chi connectivity index (χ4v) is 3.21. The number of fused-ring (bicyclic) bond motifs is 2. The molecule has 0 aliphatic carbocycles. The van der Waals surface area contributed by atoms with Crippen molar-refractivity contribution in [1.82, 2.24) is 0 Å². The molecule has 0 fully saturated rings. The lowest BCUT2D eigenvalue weighted by molar-refractivity contribution is 0.0282. The summed E-state index contributed by atoms with van der Waals surface area (Å²) in [4.78, 5) is 0. The highest BCUT2D eigenvalue weighted by Gasteiger charge is 2.31. The highest BCUT2D eigenvalue weighted by atomic mass is 16.5. The van der Waals surface area contributed by atoms with Crippen molar-refractivity contribution in [3.05, 3.63) is 59.7 Å². The predicted molar refractivity (Wildman–Crippen MR) is 78.4 cm³/mol. The van der Waals surface area contributed by atoms with Crippen LogP contribution in [0.5, 0.6) is 11.5 Å². The summed E-state index contributed by atoms with van der Waals surface area (Å²) in [5.41, 5.74) is 2.64. The maximum atomic E-state index is 6.16. The molecule has 0 N–H and O–H groups in total. The third-order valence-corrected chi connectivity index (χ3v) is 4.31. The quantitative estimate of drug-likeness (QED) is 0.782. The first kappa shape index (κ1) is 11.8. The monoisotopic (exact) mass is 266 g/mol. The number of hydrogen-bond donors (Lipinski definition) is 0. The van der Waals surface area contributed by atoms with E-state index in [9.17, 15) is 0 Å². The van der Waals surface area contributed by atoms with Gasteiger partial charge in [0.15, 0.2) is 0 Å². The summed E-state index contributed by atoms with van der Waals surface area (Å²) in [7, 11) is 0. The SMILES string of the molecule is c1ccc2c(c1)CCC(C1CCc3ccccc3O1)O2. The second kappa shape index (κ2) is 4.86. The molecular formula is C18H18O2. The molecule has 0 radical (unpaired) electrons. The van der Waals surface area contributed by atoms with Crippen LogP contribution < -0.4 is 9.47 Å². The van der Waals surface area contributed by atoms with Crippen LogP contribution in [0, 0.1) is 0 Å². The van der Waals surface area contributed by atoms with Gasteiger partial charge in [-0.25, -0.2) is 0 Å². The molecule has 2 heteroatoms. The first-order chi connectivity index (χ1) is 9.90. The molecule has 0 aromatic heterocycles. The van der Waals surface area contributed by atoms with Crippen molar-refractivity contribution in [1.29, 1.82) is 0 Å². The van der Waals surface area contributed by atoms with Gasteiger partial charge in [0.05, 0.1) is 0 Å². The maximum absolute atomic E-state index is 6.16. The molecule has 2 nitrogen and oxygen atoms in total. The number of ether oxygens (including phenoxy) is 2. The van der Waals surface area contributed by atoms with E-state index in [1.165, 1.54) is 11.1 Å². The van der Waals surface area contributed by atoms with Gasteiger partial charge in [0.25, 0.3) is 0 Å². The van der Waals surface area contributed by atoms with Gasteiger partial charge >= 0.3 is 0 Å². The van der Waals surface area contributed by atoms with Crippen molar-refractivity contribution in [3.8, 4) is 11.5 Å². The Bertz CT molecular complexity index is 565. The molecule has 2 aromatic carbocycles. The molecular weight excluding hydrogens is 248 g/mol. The summed E-state index contributed by atoms with van der Waals surface area (Å²) in [5.74, 6) is 2.07. The van der Waals surface area contributed by atoms with E-state index >= 15 is 0 Å². The summed E-state index contributed by atoms with van der Waals surface area (Å²) in [6.07, 6.45) is 4.62. The van der Waals surface area contributed by atoms with Crippen LogP contribution in [0.25, 0.3) is 0 Å². The van der Waals surface area contributed by atoms with Crippen LogP contribution in [-0.2, 0) is 12.8 Å². The lowest BCUT2D eigenvalue weighted by atomic mass is 9.93. The Morgan fingerprint density at radius 1 is 0.650 bits per heavy atom. The molecule has 20 heavy (non-hydrogen) atoms. The molecule has 2 unspecified atom stereocenters. The highest BCUT2D eigenvalue weighted by Crippen LogP contribution is 2.34. The van der Waals surface area contributed by atoms with Gasteiger partial charge in [0, 0.05) is 0 Å². The van der Waals surface area contributed by atoms with Crippen LogP contribution >= 0.6 is 0 Å². The van der Waals surface area contributed by atoms with Gasteiger partial charge in [-0.3, -0.25) is 0 Å². The molecule has 2 aromatic rings. The van der Waals surface area contributed by atoms with E-state index < -0.39 is 0 Å². The molecule has 2 atom stereocenters. The van der Waals surface area contributed by atoms with E-state index in [2.05, 4.69) is 36.4 Å². The number of rotatable bonds is 1. The Morgan fingerprint density at radius 2 is 1.10 bits per heavy atom. The average molecular weight is 266 g/mol. The molecule has 102 valence electrons. The Hall–Kier alpha value is -1.96. The zero-order valence-electron chi connectivity index (χ0n) is 11.4. The summed E-state index contributed by atoms with van der Waals surface area (Å²) in [5, 5.41) is 0.